The number of aliphatic hydroxyl groups excluding tert-OH is 1. The molecule has 0 saturated carbocycles. The molecule has 0 aromatic heterocycles. The van der Waals surface area contributed by atoms with Crippen LogP contribution in [0.3, 0.4) is 0 Å². The summed E-state index contributed by atoms with van der Waals surface area (Å²) in [5.41, 5.74) is 11.4. The van der Waals surface area contributed by atoms with Crippen LogP contribution in [0, 0.1) is 0 Å². The minimum atomic E-state index is -1.52. The van der Waals surface area contributed by atoms with Crippen LogP contribution in [0.15, 0.2) is 0 Å². The van der Waals surface area contributed by atoms with E-state index in [1.807, 2.05) is 12.5 Å². The molecule has 0 spiro atoms. The van der Waals surface area contributed by atoms with Gasteiger partial charge in [-0.3, -0.25) is 14.4 Å². The maximum Gasteiger partial charge on any atom is 0.328 e. The number of amides is 3. The van der Waals surface area contributed by atoms with Crippen LogP contribution in [-0.4, -0.2) is 94.7 Å². The van der Waals surface area contributed by atoms with Crippen molar-refractivity contribution < 1.29 is 29.4 Å². The molecule has 13 heteroatoms. The first-order valence-corrected chi connectivity index (χ1v) is 13.6. The van der Waals surface area contributed by atoms with Gasteiger partial charge in [0, 0.05) is 0 Å². The Hall–Kier alpha value is -1.54. The van der Waals surface area contributed by atoms with E-state index >= 15 is 0 Å². The Kier molecular flexibility index (Phi) is 17.0. The molecule has 0 fully saturated rings. The second-order valence-electron chi connectivity index (χ2n) is 7.64. The van der Waals surface area contributed by atoms with Gasteiger partial charge in [-0.05, 0) is 69.6 Å². The number of aliphatic carboxylic acids is 1. The molecular weight excluding hydrogens is 470 g/mol. The SMILES string of the molecule is CSCCC(N)C(=O)NC(CCSC)C(=O)NC(CCCCN)C(=O)NC(C(=O)O)C(C)O. The summed E-state index contributed by atoms with van der Waals surface area (Å²) in [5.74, 6) is -1.85. The summed E-state index contributed by atoms with van der Waals surface area (Å²) in [6.45, 7) is 1.64. The van der Waals surface area contributed by atoms with E-state index in [1.54, 1.807) is 11.8 Å². The highest BCUT2D eigenvalue weighted by Gasteiger charge is 2.31. The number of carbonyl (C=O) groups excluding carboxylic acids is 3. The highest BCUT2D eigenvalue weighted by molar-refractivity contribution is 7.98. The minimum Gasteiger partial charge on any atom is -0.480 e. The Morgan fingerprint density at radius 2 is 1.36 bits per heavy atom. The molecule has 0 aromatic carbocycles. The second kappa shape index (κ2) is 17.9. The number of nitrogens with two attached hydrogens (primary N) is 2. The summed E-state index contributed by atoms with van der Waals surface area (Å²) in [6.07, 6.45) is 4.58. The monoisotopic (exact) mass is 509 g/mol. The average Bonchev–Trinajstić information content (AvgIpc) is 2.76. The molecule has 0 aliphatic carbocycles. The van der Waals surface area contributed by atoms with E-state index in [9.17, 15) is 29.4 Å². The Morgan fingerprint density at radius 1 is 0.848 bits per heavy atom. The highest BCUT2D eigenvalue weighted by Crippen LogP contribution is 2.07. The van der Waals surface area contributed by atoms with Gasteiger partial charge in [0.25, 0.3) is 0 Å². The molecule has 5 unspecified atom stereocenters. The van der Waals surface area contributed by atoms with Gasteiger partial charge < -0.3 is 37.6 Å². The lowest BCUT2D eigenvalue weighted by Gasteiger charge is -2.26. The largest absolute Gasteiger partial charge is 0.480 e. The number of hydrogen-bond donors (Lipinski definition) is 7. The molecule has 3 amide bonds. The van der Waals surface area contributed by atoms with Crippen molar-refractivity contribution in [1.29, 1.82) is 0 Å². The van der Waals surface area contributed by atoms with E-state index in [0.29, 0.717) is 43.7 Å². The Bertz CT molecular complexity index is 626. The number of aliphatic hydroxyl groups is 1. The van der Waals surface area contributed by atoms with Gasteiger partial charge >= 0.3 is 5.97 Å². The molecule has 0 heterocycles. The maximum atomic E-state index is 13.0. The third-order valence-corrected chi connectivity index (χ3v) is 6.13. The number of thioether (sulfide) groups is 2. The molecule has 5 atom stereocenters. The van der Waals surface area contributed by atoms with Gasteiger partial charge in [0.15, 0.2) is 6.04 Å². The van der Waals surface area contributed by atoms with Crippen molar-refractivity contribution in [3.63, 3.8) is 0 Å². The van der Waals surface area contributed by atoms with Gasteiger partial charge in [-0.15, -0.1) is 0 Å². The number of hydrogen-bond acceptors (Lipinski definition) is 9. The number of nitrogens with one attached hydrogen (secondary N) is 3. The van der Waals surface area contributed by atoms with Crippen LogP contribution in [0.1, 0.15) is 39.0 Å². The fourth-order valence-electron chi connectivity index (χ4n) is 2.84. The first-order valence-electron chi connectivity index (χ1n) is 10.8. The maximum absolute atomic E-state index is 13.0. The fourth-order valence-corrected chi connectivity index (χ4v) is 3.80. The summed E-state index contributed by atoms with van der Waals surface area (Å²) in [7, 11) is 0. The van der Waals surface area contributed by atoms with Crippen LogP contribution in [0.25, 0.3) is 0 Å². The Morgan fingerprint density at radius 3 is 1.88 bits per heavy atom. The van der Waals surface area contributed by atoms with E-state index in [4.69, 9.17) is 11.5 Å². The fraction of sp³-hybridized carbons (Fsp3) is 0.800. The van der Waals surface area contributed by atoms with Crippen molar-refractivity contribution >= 4 is 47.2 Å². The van der Waals surface area contributed by atoms with Gasteiger partial charge in [0.2, 0.25) is 17.7 Å². The molecule has 9 N–H and O–H groups in total. The average molecular weight is 510 g/mol. The van der Waals surface area contributed by atoms with Crippen molar-refractivity contribution in [2.45, 2.75) is 69.3 Å². The van der Waals surface area contributed by atoms with Gasteiger partial charge in [-0.25, -0.2) is 4.79 Å². The molecule has 0 bridgehead atoms. The zero-order chi connectivity index (χ0) is 25.4. The normalized spacial score (nSPS) is 15.6. The zero-order valence-corrected chi connectivity index (χ0v) is 21.2. The first-order chi connectivity index (χ1) is 15.6. The van der Waals surface area contributed by atoms with Crippen LogP contribution in [0.5, 0.6) is 0 Å². The van der Waals surface area contributed by atoms with Crippen LogP contribution in [0.4, 0.5) is 0 Å². The van der Waals surface area contributed by atoms with Gasteiger partial charge in [-0.2, -0.15) is 23.5 Å². The van der Waals surface area contributed by atoms with Crippen molar-refractivity contribution in [2.24, 2.45) is 11.5 Å². The molecule has 192 valence electrons. The Balaban J connectivity index is 5.40. The quantitative estimate of drug-likeness (QED) is 0.111. The number of carbonyl (C=O) groups is 4. The lowest BCUT2D eigenvalue weighted by Crippen LogP contribution is -2.58. The molecule has 0 aliphatic heterocycles. The van der Waals surface area contributed by atoms with Crippen LogP contribution in [-0.2, 0) is 19.2 Å². The first kappa shape index (κ1) is 31.5. The summed E-state index contributed by atoms with van der Waals surface area (Å²) in [4.78, 5) is 49.5. The van der Waals surface area contributed by atoms with Crippen LogP contribution in [0.2, 0.25) is 0 Å². The minimum absolute atomic E-state index is 0.220. The number of carboxylic acid groups (broad SMARTS) is 1. The highest BCUT2D eigenvalue weighted by atomic mass is 32.2. The number of carboxylic acids is 1. The van der Waals surface area contributed by atoms with E-state index < -0.39 is 54.0 Å². The van der Waals surface area contributed by atoms with Gasteiger partial charge in [-0.1, -0.05) is 0 Å². The lowest BCUT2D eigenvalue weighted by molar-refractivity contribution is -0.145. The molecule has 0 aliphatic rings. The third-order valence-electron chi connectivity index (χ3n) is 4.84. The van der Waals surface area contributed by atoms with Crippen molar-refractivity contribution in [3.8, 4) is 0 Å². The molecule has 0 aromatic rings. The second-order valence-corrected chi connectivity index (χ2v) is 9.61. The van der Waals surface area contributed by atoms with Crippen LogP contribution >= 0.6 is 23.5 Å². The zero-order valence-electron chi connectivity index (χ0n) is 19.5. The number of unbranched alkanes of at least 4 members (excludes halogenated alkanes) is 1. The molecule has 0 saturated heterocycles. The van der Waals surface area contributed by atoms with Crippen LogP contribution < -0.4 is 27.4 Å². The number of rotatable bonds is 18. The van der Waals surface area contributed by atoms with E-state index in [0.717, 1.165) is 0 Å². The Labute approximate surface area is 203 Å². The molecular formula is C20H39N5O6S2. The van der Waals surface area contributed by atoms with Crippen molar-refractivity contribution in [3.05, 3.63) is 0 Å². The van der Waals surface area contributed by atoms with Crippen molar-refractivity contribution in [2.75, 3.05) is 30.6 Å². The van der Waals surface area contributed by atoms with Gasteiger partial charge in [0.1, 0.15) is 12.1 Å². The third kappa shape index (κ3) is 13.1. The van der Waals surface area contributed by atoms with E-state index in [-0.39, 0.29) is 6.42 Å². The predicted octanol–water partition coefficient (Wildman–Crippen LogP) is -1.13. The predicted molar refractivity (Wildman–Crippen MR) is 132 cm³/mol. The smallest absolute Gasteiger partial charge is 0.328 e. The lowest BCUT2D eigenvalue weighted by atomic mass is 10.1. The molecule has 11 nitrogen and oxygen atoms in total. The van der Waals surface area contributed by atoms with E-state index in [2.05, 4.69) is 16.0 Å². The van der Waals surface area contributed by atoms with Gasteiger partial charge in [0.05, 0.1) is 12.1 Å². The summed E-state index contributed by atoms with van der Waals surface area (Å²) in [5, 5.41) is 26.4. The summed E-state index contributed by atoms with van der Waals surface area (Å²) < 4.78 is 0. The molecule has 0 radical (unpaired) electrons. The van der Waals surface area contributed by atoms with E-state index in [1.165, 1.54) is 18.7 Å². The molecule has 0 rings (SSSR count). The summed E-state index contributed by atoms with van der Waals surface area (Å²) >= 11 is 3.06. The summed E-state index contributed by atoms with van der Waals surface area (Å²) in [6, 6.07) is -4.23. The molecule has 33 heavy (non-hydrogen) atoms. The standard InChI is InChI=1S/C20H39N5O6S2/c1-12(26)16(20(30)31)25-19(29)14(6-4-5-9-21)24-18(28)15(8-11-33-3)23-17(27)13(22)7-10-32-2/h12-16,26H,4-11,21-22H2,1-3H3,(H,23,27)(H,24,28)(H,25,29)(H,30,31). The van der Waals surface area contributed by atoms with Crippen molar-refractivity contribution in [1.82, 2.24) is 16.0 Å². The topological polar surface area (TPSA) is 197 Å².